The number of benzene rings is 2. The minimum Gasteiger partial charge on any atom is -0.324 e. The molecule has 3 rings (SSSR count). The molecule has 2 N–H and O–H groups in total. The molecule has 0 saturated heterocycles. The molecular weight excluding hydrogens is 284 g/mol. The number of fused-ring (bicyclic) bond motifs is 1. The minimum absolute atomic E-state index is 0.0208. The molecule has 2 aromatic rings. The fourth-order valence-electron chi connectivity index (χ4n) is 2.63. The topological polar surface area (TPSA) is 41.1 Å². The lowest BCUT2D eigenvalue weighted by molar-refractivity contribution is -0.117. The second-order valence-corrected chi connectivity index (χ2v) is 5.81. The Hall–Kier alpha value is -1.84. The average Bonchev–Trinajstić information content (AvgIpc) is 2.80. The maximum atomic E-state index is 12.1. The quantitative estimate of drug-likeness (QED) is 0.903. The normalized spacial score (nSPS) is 18.2. The molecule has 0 aliphatic carbocycles. The van der Waals surface area contributed by atoms with E-state index in [0.717, 1.165) is 17.8 Å². The molecule has 0 bridgehead atoms. The first-order chi connectivity index (χ1) is 10.1. The second kappa shape index (κ2) is 5.88. The number of rotatable bonds is 4. The summed E-state index contributed by atoms with van der Waals surface area (Å²) >= 11 is 6.03. The lowest BCUT2D eigenvalue weighted by atomic mass is 10.0. The van der Waals surface area contributed by atoms with Crippen LogP contribution in [0.3, 0.4) is 0 Å². The number of anilines is 1. The van der Waals surface area contributed by atoms with Gasteiger partial charge in [-0.05, 0) is 29.7 Å². The van der Waals surface area contributed by atoms with Crippen LogP contribution in [0.2, 0.25) is 5.02 Å². The zero-order valence-corrected chi connectivity index (χ0v) is 12.5. The van der Waals surface area contributed by atoms with Crippen molar-refractivity contribution in [3.8, 4) is 0 Å². The zero-order valence-electron chi connectivity index (χ0n) is 11.8. The van der Waals surface area contributed by atoms with Crippen molar-refractivity contribution in [1.82, 2.24) is 5.32 Å². The molecule has 0 radical (unpaired) electrons. The van der Waals surface area contributed by atoms with Crippen molar-refractivity contribution in [2.75, 3.05) is 11.9 Å². The molecule has 1 amide bonds. The minimum atomic E-state index is -0.329. The summed E-state index contributed by atoms with van der Waals surface area (Å²) in [5, 5.41) is 6.87. The molecule has 1 heterocycles. The summed E-state index contributed by atoms with van der Waals surface area (Å²) in [6, 6.07) is 15.4. The van der Waals surface area contributed by atoms with Crippen LogP contribution in [0, 0.1) is 0 Å². The van der Waals surface area contributed by atoms with Crippen molar-refractivity contribution in [1.29, 1.82) is 0 Å². The molecule has 3 nitrogen and oxygen atoms in total. The molecule has 0 fully saturated rings. The van der Waals surface area contributed by atoms with Crippen molar-refractivity contribution in [2.45, 2.75) is 18.9 Å². The predicted octanol–water partition coefficient (Wildman–Crippen LogP) is 3.73. The van der Waals surface area contributed by atoms with Crippen molar-refractivity contribution in [2.24, 2.45) is 0 Å². The summed E-state index contributed by atoms with van der Waals surface area (Å²) in [5.74, 6) is 0.315. The number of halogens is 1. The Labute approximate surface area is 129 Å². The Morgan fingerprint density at radius 2 is 2.00 bits per heavy atom. The van der Waals surface area contributed by atoms with E-state index >= 15 is 0 Å². The zero-order chi connectivity index (χ0) is 14.8. The number of carbonyl (C=O) groups excluding carboxylic acids is 1. The molecule has 108 valence electrons. The standard InChI is InChI=1S/C17H17ClN2O/c1-11(12-5-3-2-4-6-12)10-19-16-14-9-13(18)7-8-15(14)20-17(16)21/h2-9,11,16,19H,10H2,1H3,(H,20,21). The van der Waals surface area contributed by atoms with Crippen LogP contribution in [0.25, 0.3) is 0 Å². The number of hydrogen-bond acceptors (Lipinski definition) is 2. The lowest BCUT2D eigenvalue weighted by Gasteiger charge is -2.16. The van der Waals surface area contributed by atoms with Crippen LogP contribution in [-0.4, -0.2) is 12.5 Å². The summed E-state index contributed by atoms with van der Waals surface area (Å²) < 4.78 is 0. The highest BCUT2D eigenvalue weighted by Crippen LogP contribution is 2.33. The van der Waals surface area contributed by atoms with Crippen LogP contribution >= 0.6 is 11.6 Å². The maximum Gasteiger partial charge on any atom is 0.246 e. The highest BCUT2D eigenvalue weighted by Gasteiger charge is 2.30. The first-order valence-electron chi connectivity index (χ1n) is 7.04. The Balaban J connectivity index is 1.72. The molecule has 0 aromatic heterocycles. The van der Waals surface area contributed by atoms with Gasteiger partial charge in [-0.1, -0.05) is 48.9 Å². The van der Waals surface area contributed by atoms with Gasteiger partial charge in [-0.25, -0.2) is 0 Å². The number of carbonyl (C=O) groups is 1. The smallest absolute Gasteiger partial charge is 0.246 e. The van der Waals surface area contributed by atoms with Gasteiger partial charge in [0.15, 0.2) is 0 Å². The Morgan fingerprint density at radius 1 is 1.24 bits per heavy atom. The van der Waals surface area contributed by atoms with Gasteiger partial charge in [-0.2, -0.15) is 0 Å². The molecular formula is C17H17ClN2O. The predicted molar refractivity (Wildman–Crippen MR) is 85.7 cm³/mol. The van der Waals surface area contributed by atoms with Gasteiger partial charge in [0.2, 0.25) is 5.91 Å². The van der Waals surface area contributed by atoms with Crippen LogP contribution in [0.4, 0.5) is 5.69 Å². The molecule has 2 aromatic carbocycles. The molecule has 0 spiro atoms. The SMILES string of the molecule is CC(CNC1C(=O)Nc2ccc(Cl)cc21)c1ccccc1. The summed E-state index contributed by atoms with van der Waals surface area (Å²) in [6.45, 7) is 2.88. The molecule has 4 heteroatoms. The summed E-state index contributed by atoms with van der Waals surface area (Å²) in [5.41, 5.74) is 3.02. The van der Waals surface area contributed by atoms with Gasteiger partial charge in [0.05, 0.1) is 0 Å². The van der Waals surface area contributed by atoms with E-state index in [2.05, 4.69) is 29.7 Å². The third-order valence-electron chi connectivity index (χ3n) is 3.84. The molecule has 21 heavy (non-hydrogen) atoms. The maximum absolute atomic E-state index is 12.1. The van der Waals surface area contributed by atoms with E-state index in [1.54, 1.807) is 6.07 Å². The van der Waals surface area contributed by atoms with E-state index in [4.69, 9.17) is 11.6 Å². The molecule has 2 unspecified atom stereocenters. The Kier molecular flexibility index (Phi) is 3.95. The van der Waals surface area contributed by atoms with Gasteiger partial charge in [-0.3, -0.25) is 4.79 Å². The summed E-state index contributed by atoms with van der Waals surface area (Å²) in [7, 11) is 0. The summed E-state index contributed by atoms with van der Waals surface area (Å²) in [6.07, 6.45) is 0. The third-order valence-corrected chi connectivity index (χ3v) is 4.08. The highest BCUT2D eigenvalue weighted by atomic mass is 35.5. The molecule has 0 saturated carbocycles. The van der Waals surface area contributed by atoms with Gasteiger partial charge in [-0.15, -0.1) is 0 Å². The second-order valence-electron chi connectivity index (χ2n) is 5.37. The molecule has 1 aliphatic heterocycles. The van der Waals surface area contributed by atoms with Gasteiger partial charge in [0, 0.05) is 22.8 Å². The van der Waals surface area contributed by atoms with Crippen LogP contribution in [0.15, 0.2) is 48.5 Å². The van der Waals surface area contributed by atoms with Gasteiger partial charge in [0.1, 0.15) is 6.04 Å². The van der Waals surface area contributed by atoms with Crippen LogP contribution in [0.1, 0.15) is 30.0 Å². The van der Waals surface area contributed by atoms with E-state index in [1.807, 2.05) is 30.3 Å². The van der Waals surface area contributed by atoms with Crippen molar-refractivity contribution in [3.63, 3.8) is 0 Å². The van der Waals surface area contributed by atoms with E-state index < -0.39 is 0 Å². The van der Waals surface area contributed by atoms with Crippen LogP contribution < -0.4 is 10.6 Å². The van der Waals surface area contributed by atoms with Crippen molar-refractivity contribution in [3.05, 3.63) is 64.7 Å². The lowest BCUT2D eigenvalue weighted by Crippen LogP contribution is -2.30. The number of hydrogen-bond donors (Lipinski definition) is 2. The first kappa shape index (κ1) is 14.1. The van der Waals surface area contributed by atoms with E-state index in [1.165, 1.54) is 5.56 Å². The van der Waals surface area contributed by atoms with Gasteiger partial charge in [0.25, 0.3) is 0 Å². The monoisotopic (exact) mass is 300 g/mol. The van der Waals surface area contributed by atoms with Crippen molar-refractivity contribution >= 4 is 23.2 Å². The first-order valence-corrected chi connectivity index (χ1v) is 7.41. The Bertz CT molecular complexity index is 657. The number of amides is 1. The fourth-order valence-corrected chi connectivity index (χ4v) is 2.81. The number of nitrogens with one attached hydrogen (secondary N) is 2. The largest absolute Gasteiger partial charge is 0.324 e. The van der Waals surface area contributed by atoms with Crippen molar-refractivity contribution < 1.29 is 4.79 Å². The Morgan fingerprint density at radius 3 is 2.76 bits per heavy atom. The molecule has 1 aliphatic rings. The highest BCUT2D eigenvalue weighted by molar-refractivity contribution is 6.31. The van der Waals surface area contributed by atoms with Crippen LogP contribution in [0.5, 0.6) is 0 Å². The van der Waals surface area contributed by atoms with Gasteiger partial charge >= 0.3 is 0 Å². The van der Waals surface area contributed by atoms with E-state index in [0.29, 0.717) is 10.9 Å². The van der Waals surface area contributed by atoms with Gasteiger partial charge < -0.3 is 10.6 Å². The fraction of sp³-hybridized carbons (Fsp3) is 0.235. The third kappa shape index (κ3) is 2.94. The van der Waals surface area contributed by atoms with E-state index in [-0.39, 0.29) is 11.9 Å². The molecule has 2 atom stereocenters. The van der Waals surface area contributed by atoms with Crippen LogP contribution in [-0.2, 0) is 4.79 Å². The average molecular weight is 301 g/mol. The van der Waals surface area contributed by atoms with E-state index in [9.17, 15) is 4.79 Å². The summed E-state index contributed by atoms with van der Waals surface area (Å²) in [4.78, 5) is 12.1.